The molecule has 0 fully saturated rings. The van der Waals surface area contributed by atoms with Crippen molar-refractivity contribution in [3.8, 4) is 5.75 Å². The van der Waals surface area contributed by atoms with E-state index in [0.717, 1.165) is 0 Å². The van der Waals surface area contributed by atoms with Gasteiger partial charge in [-0.25, -0.2) is 0 Å². The average molecular weight is 302 g/mol. The summed E-state index contributed by atoms with van der Waals surface area (Å²) in [6, 6.07) is 3.95. The van der Waals surface area contributed by atoms with Gasteiger partial charge in [0.1, 0.15) is 5.75 Å². The van der Waals surface area contributed by atoms with Crippen LogP contribution in [-0.2, 0) is 4.79 Å². The molecule has 0 saturated heterocycles. The molecule has 0 radical (unpaired) electrons. The number of non-ortho nitro benzene ring substituents is 1. The summed E-state index contributed by atoms with van der Waals surface area (Å²) in [7, 11) is 0. The highest BCUT2D eigenvalue weighted by molar-refractivity contribution is 6.32. The number of hydrogen-bond acceptors (Lipinski definition) is 4. The first kappa shape index (κ1) is 16.2. The minimum absolute atomic E-state index is 0.102. The number of ether oxygens (including phenoxy) is 1. The normalized spacial score (nSPS) is 11.2. The van der Waals surface area contributed by atoms with E-state index in [-0.39, 0.29) is 23.1 Å². The quantitative estimate of drug-likeness (QED) is 0.473. The fourth-order valence-electron chi connectivity index (χ4n) is 1.52. The number of rotatable bonds is 7. The zero-order valence-corrected chi connectivity index (χ0v) is 12.0. The molecule has 0 aliphatic carbocycles. The van der Waals surface area contributed by atoms with Gasteiger partial charge in [-0.15, -0.1) is 0 Å². The maximum atomic E-state index is 10.9. The van der Waals surface area contributed by atoms with Crippen LogP contribution in [0.25, 0.3) is 0 Å². The molecule has 1 aromatic rings. The molecule has 0 heterocycles. The largest absolute Gasteiger partial charge is 0.492 e. The first-order chi connectivity index (χ1) is 9.24. The maximum absolute atomic E-state index is 10.9. The van der Waals surface area contributed by atoms with Gasteiger partial charge in [-0.3, -0.25) is 14.9 Å². The number of carboxylic acids is 1. The molecule has 0 amide bonds. The molecule has 0 aliphatic heterocycles. The zero-order chi connectivity index (χ0) is 15.3. The lowest BCUT2D eigenvalue weighted by molar-refractivity contribution is -0.384. The van der Waals surface area contributed by atoms with Crippen molar-refractivity contribution in [1.82, 2.24) is 0 Å². The Kier molecular flexibility index (Phi) is 5.33. The lowest BCUT2D eigenvalue weighted by Gasteiger charge is -2.18. The van der Waals surface area contributed by atoms with Crippen molar-refractivity contribution in [3.05, 3.63) is 33.3 Å². The van der Waals surface area contributed by atoms with Gasteiger partial charge in [0.25, 0.3) is 5.69 Å². The van der Waals surface area contributed by atoms with E-state index in [0.29, 0.717) is 12.8 Å². The first-order valence-corrected chi connectivity index (χ1v) is 6.42. The third-order valence-corrected chi connectivity index (χ3v) is 3.22. The van der Waals surface area contributed by atoms with Gasteiger partial charge in [0.15, 0.2) is 0 Å². The van der Waals surface area contributed by atoms with Crippen LogP contribution in [0.4, 0.5) is 5.69 Å². The molecule has 0 atom stereocenters. The van der Waals surface area contributed by atoms with Gasteiger partial charge in [-0.1, -0.05) is 11.6 Å². The highest BCUT2D eigenvalue weighted by Gasteiger charge is 2.26. The molecule has 0 bridgehead atoms. The molecule has 6 nitrogen and oxygen atoms in total. The third-order valence-electron chi connectivity index (χ3n) is 2.91. The second-order valence-electron chi connectivity index (χ2n) is 5.01. The van der Waals surface area contributed by atoms with E-state index in [1.54, 1.807) is 13.8 Å². The Balaban J connectivity index is 2.56. The van der Waals surface area contributed by atoms with Gasteiger partial charge in [-0.2, -0.15) is 0 Å². The number of halogens is 1. The summed E-state index contributed by atoms with van der Waals surface area (Å²) in [6.07, 6.45) is 0.952. The van der Waals surface area contributed by atoms with Crippen molar-refractivity contribution in [3.63, 3.8) is 0 Å². The summed E-state index contributed by atoms with van der Waals surface area (Å²) < 4.78 is 5.37. The first-order valence-electron chi connectivity index (χ1n) is 6.04. The number of nitrogens with zero attached hydrogens (tertiary/aromatic N) is 1. The van der Waals surface area contributed by atoms with Gasteiger partial charge in [0, 0.05) is 6.07 Å². The molecular weight excluding hydrogens is 286 g/mol. The predicted octanol–water partition coefficient (Wildman–Crippen LogP) is 3.52. The van der Waals surface area contributed by atoms with Crippen molar-refractivity contribution in [2.45, 2.75) is 26.7 Å². The Labute approximate surface area is 121 Å². The second-order valence-corrected chi connectivity index (χ2v) is 5.42. The summed E-state index contributed by atoms with van der Waals surface area (Å²) in [4.78, 5) is 21.0. The summed E-state index contributed by atoms with van der Waals surface area (Å²) in [6.45, 7) is 3.52. The zero-order valence-electron chi connectivity index (χ0n) is 11.3. The van der Waals surface area contributed by atoms with Crippen LogP contribution in [0, 0.1) is 15.5 Å². The van der Waals surface area contributed by atoms with Crippen LogP contribution in [0.3, 0.4) is 0 Å². The monoisotopic (exact) mass is 301 g/mol. The van der Waals surface area contributed by atoms with Crippen molar-refractivity contribution >= 4 is 23.3 Å². The van der Waals surface area contributed by atoms with Gasteiger partial charge in [-0.05, 0) is 32.8 Å². The highest BCUT2D eigenvalue weighted by Crippen LogP contribution is 2.29. The van der Waals surface area contributed by atoms with E-state index in [4.69, 9.17) is 21.4 Å². The Morgan fingerprint density at radius 1 is 1.50 bits per heavy atom. The van der Waals surface area contributed by atoms with Crippen LogP contribution in [0.2, 0.25) is 5.02 Å². The lowest BCUT2D eigenvalue weighted by atomic mass is 9.88. The maximum Gasteiger partial charge on any atom is 0.309 e. The van der Waals surface area contributed by atoms with E-state index in [1.165, 1.54) is 18.2 Å². The summed E-state index contributed by atoms with van der Waals surface area (Å²) in [5.74, 6) is -0.639. The van der Waals surface area contributed by atoms with Crippen LogP contribution in [-0.4, -0.2) is 22.6 Å². The smallest absolute Gasteiger partial charge is 0.309 e. The molecule has 0 saturated carbocycles. The lowest BCUT2D eigenvalue weighted by Crippen LogP contribution is -2.24. The number of hydrogen-bond donors (Lipinski definition) is 1. The standard InChI is InChI=1S/C13H16ClNO5/c1-13(2,12(16)17)6-3-7-20-11-8-9(15(18)19)4-5-10(11)14/h4-5,8H,3,6-7H2,1-2H3,(H,16,17). The minimum Gasteiger partial charge on any atom is -0.492 e. The van der Waals surface area contributed by atoms with Crippen molar-refractivity contribution in [2.24, 2.45) is 5.41 Å². The molecule has 0 spiro atoms. The van der Waals surface area contributed by atoms with Gasteiger partial charge < -0.3 is 9.84 Å². The number of nitro groups is 1. The summed E-state index contributed by atoms with van der Waals surface area (Å²) >= 11 is 5.88. The highest BCUT2D eigenvalue weighted by atomic mass is 35.5. The average Bonchev–Trinajstić information content (AvgIpc) is 2.36. The number of carbonyl (C=O) groups is 1. The SMILES string of the molecule is CC(C)(CCCOc1cc([N+](=O)[O-])ccc1Cl)C(=O)O. The minimum atomic E-state index is -0.870. The molecule has 7 heteroatoms. The Morgan fingerprint density at radius 3 is 2.70 bits per heavy atom. The number of aliphatic carboxylic acids is 1. The van der Waals surface area contributed by atoms with Crippen LogP contribution in [0.1, 0.15) is 26.7 Å². The number of carboxylic acid groups (broad SMARTS) is 1. The van der Waals surface area contributed by atoms with Gasteiger partial charge in [0.05, 0.1) is 28.0 Å². The Bertz CT molecular complexity index is 515. The fourth-order valence-corrected chi connectivity index (χ4v) is 1.69. The number of benzene rings is 1. The molecular formula is C13H16ClNO5. The molecule has 0 unspecified atom stereocenters. The van der Waals surface area contributed by atoms with Crippen LogP contribution >= 0.6 is 11.6 Å². The fraction of sp³-hybridized carbons (Fsp3) is 0.462. The summed E-state index contributed by atoms with van der Waals surface area (Å²) in [5, 5.41) is 19.9. The van der Waals surface area contributed by atoms with E-state index < -0.39 is 16.3 Å². The molecule has 1 N–H and O–H groups in total. The van der Waals surface area contributed by atoms with Crippen molar-refractivity contribution < 1.29 is 19.6 Å². The van der Waals surface area contributed by atoms with E-state index in [1.807, 2.05) is 0 Å². The van der Waals surface area contributed by atoms with Gasteiger partial charge >= 0.3 is 5.97 Å². The molecule has 0 aromatic heterocycles. The molecule has 0 aliphatic rings. The van der Waals surface area contributed by atoms with Crippen LogP contribution in [0.15, 0.2) is 18.2 Å². The van der Waals surface area contributed by atoms with E-state index in [9.17, 15) is 14.9 Å². The van der Waals surface area contributed by atoms with Crippen molar-refractivity contribution in [1.29, 1.82) is 0 Å². The predicted molar refractivity (Wildman–Crippen MR) is 74.3 cm³/mol. The van der Waals surface area contributed by atoms with Gasteiger partial charge in [0.2, 0.25) is 0 Å². The van der Waals surface area contributed by atoms with Crippen LogP contribution in [0.5, 0.6) is 5.75 Å². The number of nitro benzene ring substituents is 1. The second kappa shape index (κ2) is 6.56. The molecule has 110 valence electrons. The van der Waals surface area contributed by atoms with Crippen LogP contribution < -0.4 is 4.74 Å². The van der Waals surface area contributed by atoms with E-state index in [2.05, 4.69) is 0 Å². The Hall–Kier alpha value is -1.82. The molecule has 20 heavy (non-hydrogen) atoms. The molecule has 1 rings (SSSR count). The van der Waals surface area contributed by atoms with E-state index >= 15 is 0 Å². The topological polar surface area (TPSA) is 89.7 Å². The summed E-state index contributed by atoms with van der Waals surface area (Å²) in [5.41, 5.74) is -0.925. The third kappa shape index (κ3) is 4.38. The molecule has 1 aromatic carbocycles. The Morgan fingerprint density at radius 2 is 2.15 bits per heavy atom. The van der Waals surface area contributed by atoms with Crippen molar-refractivity contribution in [2.75, 3.05) is 6.61 Å².